The van der Waals surface area contributed by atoms with Gasteiger partial charge in [0.15, 0.2) is 5.78 Å². The maximum absolute atomic E-state index is 12.9. The van der Waals surface area contributed by atoms with Gasteiger partial charge in [-0.1, -0.05) is 30.3 Å². The fourth-order valence-electron chi connectivity index (χ4n) is 2.28. The summed E-state index contributed by atoms with van der Waals surface area (Å²) in [6.07, 6.45) is 0.726. The van der Waals surface area contributed by atoms with Gasteiger partial charge in [-0.3, -0.25) is 9.59 Å². The number of halogens is 3. The standard InChI is InChI=1S/C19H20F3NO3S/c1-14(24)26-12-6-5-9-16(13-23)18(27-19(20,21)22)11-10-17(25)15-7-3-2-4-8-15/h2-4,7-8H,5-6,9-12H2,1H3/b18-16+. The number of thioether (sulfide) groups is 1. The van der Waals surface area contributed by atoms with E-state index in [0.29, 0.717) is 18.4 Å². The van der Waals surface area contributed by atoms with Crippen LogP contribution in [0.2, 0.25) is 0 Å². The number of ketones is 1. The third-order valence-corrected chi connectivity index (χ3v) is 4.44. The molecule has 0 amide bonds. The summed E-state index contributed by atoms with van der Waals surface area (Å²) < 4.78 is 43.3. The molecule has 27 heavy (non-hydrogen) atoms. The Morgan fingerprint density at radius 2 is 1.78 bits per heavy atom. The predicted octanol–water partition coefficient (Wildman–Crippen LogP) is 5.41. The van der Waals surface area contributed by atoms with E-state index in [1.54, 1.807) is 30.3 Å². The number of carbonyl (C=O) groups is 2. The molecule has 0 aromatic heterocycles. The summed E-state index contributed by atoms with van der Waals surface area (Å²) in [4.78, 5) is 22.7. The molecular formula is C19H20F3NO3S. The minimum atomic E-state index is -4.54. The van der Waals surface area contributed by atoms with Gasteiger partial charge in [-0.25, -0.2) is 0 Å². The molecule has 1 aromatic carbocycles. The van der Waals surface area contributed by atoms with Gasteiger partial charge in [0.1, 0.15) is 0 Å². The molecule has 0 heterocycles. The predicted molar refractivity (Wildman–Crippen MR) is 96.8 cm³/mol. The molecule has 146 valence electrons. The van der Waals surface area contributed by atoms with Crippen molar-refractivity contribution in [2.75, 3.05) is 6.61 Å². The van der Waals surface area contributed by atoms with E-state index in [4.69, 9.17) is 4.74 Å². The average Bonchev–Trinajstić information content (AvgIpc) is 2.61. The lowest BCUT2D eigenvalue weighted by Crippen LogP contribution is -2.05. The third kappa shape index (κ3) is 9.85. The van der Waals surface area contributed by atoms with Crippen molar-refractivity contribution in [3.8, 4) is 6.07 Å². The van der Waals surface area contributed by atoms with Crippen LogP contribution in [0, 0.1) is 11.3 Å². The number of allylic oxidation sites excluding steroid dienone is 2. The fraction of sp³-hybridized carbons (Fsp3) is 0.421. The molecule has 0 aliphatic carbocycles. The van der Waals surface area contributed by atoms with Crippen LogP contribution >= 0.6 is 11.8 Å². The van der Waals surface area contributed by atoms with Crippen molar-refractivity contribution in [1.29, 1.82) is 5.26 Å². The summed E-state index contributed by atoms with van der Waals surface area (Å²) in [6, 6.07) is 10.1. The summed E-state index contributed by atoms with van der Waals surface area (Å²) in [5.74, 6) is -0.707. The largest absolute Gasteiger partial charge is 0.466 e. The smallest absolute Gasteiger partial charge is 0.446 e. The van der Waals surface area contributed by atoms with E-state index >= 15 is 0 Å². The molecule has 0 saturated heterocycles. The first-order valence-electron chi connectivity index (χ1n) is 8.32. The number of alkyl halides is 3. The fourth-order valence-corrected chi connectivity index (χ4v) is 3.03. The number of unbranched alkanes of at least 4 members (excludes halogenated alkanes) is 1. The van der Waals surface area contributed by atoms with Gasteiger partial charge in [-0.2, -0.15) is 18.4 Å². The first kappa shape index (κ1) is 22.8. The Labute approximate surface area is 160 Å². The first-order chi connectivity index (χ1) is 12.7. The Morgan fingerprint density at radius 1 is 1.11 bits per heavy atom. The van der Waals surface area contributed by atoms with E-state index in [2.05, 4.69) is 0 Å². The summed E-state index contributed by atoms with van der Waals surface area (Å²) in [6.45, 7) is 1.42. The molecule has 0 spiro atoms. The number of hydrogen-bond donors (Lipinski definition) is 0. The number of nitrogens with zero attached hydrogens (tertiary/aromatic N) is 1. The maximum Gasteiger partial charge on any atom is 0.446 e. The summed E-state index contributed by atoms with van der Waals surface area (Å²) >= 11 is -0.340. The van der Waals surface area contributed by atoms with Gasteiger partial charge in [-0.15, -0.1) is 0 Å². The van der Waals surface area contributed by atoms with Gasteiger partial charge >= 0.3 is 11.5 Å². The van der Waals surface area contributed by atoms with Crippen LogP contribution in [0.5, 0.6) is 0 Å². The van der Waals surface area contributed by atoms with E-state index < -0.39 is 11.5 Å². The lowest BCUT2D eigenvalue weighted by molar-refractivity contribution is -0.141. The molecule has 8 heteroatoms. The second-order valence-electron chi connectivity index (χ2n) is 5.65. The molecule has 0 bridgehead atoms. The van der Waals surface area contributed by atoms with E-state index in [1.165, 1.54) is 6.92 Å². The van der Waals surface area contributed by atoms with Crippen molar-refractivity contribution < 1.29 is 27.5 Å². The number of nitriles is 1. The van der Waals surface area contributed by atoms with Gasteiger partial charge in [0, 0.05) is 29.4 Å². The van der Waals surface area contributed by atoms with E-state index in [1.807, 2.05) is 6.07 Å². The Morgan fingerprint density at radius 3 is 2.33 bits per heavy atom. The van der Waals surface area contributed by atoms with Crippen LogP contribution in [0.3, 0.4) is 0 Å². The monoisotopic (exact) mass is 399 g/mol. The quantitative estimate of drug-likeness (QED) is 0.228. The van der Waals surface area contributed by atoms with Crippen LogP contribution in [0.4, 0.5) is 13.2 Å². The van der Waals surface area contributed by atoms with Crippen LogP contribution in [-0.4, -0.2) is 23.9 Å². The van der Waals surface area contributed by atoms with Gasteiger partial charge in [0.05, 0.1) is 12.7 Å². The summed E-state index contributed by atoms with van der Waals surface area (Å²) in [5, 5.41) is 9.26. The van der Waals surface area contributed by atoms with Crippen molar-refractivity contribution in [1.82, 2.24) is 0 Å². The molecule has 0 unspecified atom stereocenters. The molecule has 1 aromatic rings. The molecular weight excluding hydrogens is 379 g/mol. The first-order valence-corrected chi connectivity index (χ1v) is 9.14. The highest BCUT2D eigenvalue weighted by Gasteiger charge is 2.31. The van der Waals surface area contributed by atoms with Crippen LogP contribution in [0.15, 0.2) is 40.8 Å². The highest BCUT2D eigenvalue weighted by atomic mass is 32.2. The van der Waals surface area contributed by atoms with Crippen molar-refractivity contribution >= 4 is 23.5 Å². The molecule has 0 saturated carbocycles. The molecule has 4 nitrogen and oxygen atoms in total. The topological polar surface area (TPSA) is 67.2 Å². The van der Waals surface area contributed by atoms with Crippen LogP contribution < -0.4 is 0 Å². The molecule has 1 rings (SSSR count). The van der Waals surface area contributed by atoms with E-state index in [9.17, 15) is 28.0 Å². The Bertz CT molecular complexity index is 709. The van der Waals surface area contributed by atoms with Crippen molar-refractivity contribution in [3.63, 3.8) is 0 Å². The number of hydrogen-bond acceptors (Lipinski definition) is 5. The van der Waals surface area contributed by atoms with Crippen LogP contribution in [0.1, 0.15) is 49.4 Å². The van der Waals surface area contributed by atoms with Gasteiger partial charge in [0.25, 0.3) is 0 Å². The normalized spacial score (nSPS) is 12.1. The highest BCUT2D eigenvalue weighted by Crippen LogP contribution is 2.40. The zero-order valence-corrected chi connectivity index (χ0v) is 15.7. The van der Waals surface area contributed by atoms with E-state index in [-0.39, 0.29) is 53.9 Å². The number of esters is 1. The highest BCUT2D eigenvalue weighted by molar-refractivity contribution is 8.03. The number of carbonyl (C=O) groups excluding carboxylic acids is 2. The Balaban J connectivity index is 2.77. The second-order valence-corrected chi connectivity index (χ2v) is 6.81. The van der Waals surface area contributed by atoms with Gasteiger partial charge < -0.3 is 4.74 Å². The van der Waals surface area contributed by atoms with Crippen LogP contribution in [-0.2, 0) is 9.53 Å². The molecule has 0 aliphatic rings. The van der Waals surface area contributed by atoms with Crippen molar-refractivity contribution in [2.45, 2.75) is 44.5 Å². The van der Waals surface area contributed by atoms with Crippen molar-refractivity contribution in [3.05, 3.63) is 46.4 Å². The van der Waals surface area contributed by atoms with Gasteiger partial charge in [0.2, 0.25) is 0 Å². The maximum atomic E-state index is 12.9. The number of benzene rings is 1. The van der Waals surface area contributed by atoms with Gasteiger partial charge in [-0.05, 0) is 37.4 Å². The molecule has 0 atom stereocenters. The Hall–Kier alpha value is -2.27. The number of ether oxygens (including phenoxy) is 1. The van der Waals surface area contributed by atoms with E-state index in [0.717, 1.165) is 0 Å². The molecule has 0 N–H and O–H groups in total. The summed E-state index contributed by atoms with van der Waals surface area (Å²) in [5.41, 5.74) is -4.10. The summed E-state index contributed by atoms with van der Waals surface area (Å²) in [7, 11) is 0. The molecule has 0 aliphatic heterocycles. The third-order valence-electron chi connectivity index (χ3n) is 3.51. The zero-order valence-electron chi connectivity index (χ0n) is 14.8. The van der Waals surface area contributed by atoms with Crippen molar-refractivity contribution in [2.24, 2.45) is 0 Å². The lowest BCUT2D eigenvalue weighted by Gasteiger charge is -2.12. The number of Topliss-reactive ketones (excluding diaryl/α,β-unsaturated/α-hetero) is 1. The zero-order chi connectivity index (χ0) is 20.3. The lowest BCUT2D eigenvalue weighted by atomic mass is 10.0. The minimum absolute atomic E-state index is 0.0148. The Kier molecular flexibility index (Phi) is 9.65. The molecule has 0 fully saturated rings. The molecule has 0 radical (unpaired) electrons. The second kappa shape index (κ2) is 11.4. The SMILES string of the molecule is CC(=O)OCCCC/C(C#N)=C(/CCC(=O)c1ccccc1)SC(F)(F)F. The minimum Gasteiger partial charge on any atom is -0.466 e. The number of rotatable bonds is 10. The van der Waals surface area contributed by atoms with Crippen LogP contribution in [0.25, 0.3) is 0 Å². The average molecular weight is 399 g/mol.